The van der Waals surface area contributed by atoms with Crippen molar-refractivity contribution < 1.29 is 9.53 Å². The molecule has 2 aromatic carbocycles. The van der Waals surface area contributed by atoms with E-state index in [1.54, 1.807) is 0 Å². The molecular formula is C17H17NO2. The Morgan fingerprint density at radius 1 is 1.10 bits per heavy atom. The zero-order chi connectivity index (χ0) is 13.9. The number of hydrogen-bond donors (Lipinski definition) is 0. The summed E-state index contributed by atoms with van der Waals surface area (Å²) >= 11 is 0. The topological polar surface area (TPSA) is 29.5 Å². The third-order valence-corrected chi connectivity index (χ3v) is 3.55. The van der Waals surface area contributed by atoms with Crippen LogP contribution in [0.3, 0.4) is 0 Å². The SMILES string of the molecule is Cc1ccc(OCCN2Cc3ccccc3C2=O)cc1. The summed E-state index contributed by atoms with van der Waals surface area (Å²) in [6, 6.07) is 15.7. The Bertz CT molecular complexity index is 619. The van der Waals surface area contributed by atoms with Gasteiger partial charge < -0.3 is 9.64 Å². The van der Waals surface area contributed by atoms with Gasteiger partial charge in [-0.1, -0.05) is 35.9 Å². The summed E-state index contributed by atoms with van der Waals surface area (Å²) in [5.74, 6) is 0.952. The molecule has 3 rings (SSSR count). The molecule has 0 saturated carbocycles. The zero-order valence-corrected chi connectivity index (χ0v) is 11.5. The lowest BCUT2D eigenvalue weighted by Gasteiger charge is -2.16. The average molecular weight is 267 g/mol. The van der Waals surface area contributed by atoms with Crippen molar-refractivity contribution in [3.05, 3.63) is 65.2 Å². The highest BCUT2D eigenvalue weighted by atomic mass is 16.5. The molecule has 0 fully saturated rings. The number of benzene rings is 2. The number of fused-ring (bicyclic) bond motifs is 1. The molecule has 0 N–H and O–H groups in total. The van der Waals surface area contributed by atoms with E-state index in [2.05, 4.69) is 0 Å². The molecule has 102 valence electrons. The summed E-state index contributed by atoms with van der Waals surface area (Å²) in [6.45, 7) is 3.86. The first-order valence-corrected chi connectivity index (χ1v) is 6.81. The second-order valence-corrected chi connectivity index (χ2v) is 5.05. The van der Waals surface area contributed by atoms with Gasteiger partial charge in [-0.15, -0.1) is 0 Å². The predicted molar refractivity (Wildman–Crippen MR) is 77.9 cm³/mol. The van der Waals surface area contributed by atoms with Crippen LogP contribution in [0.15, 0.2) is 48.5 Å². The summed E-state index contributed by atoms with van der Waals surface area (Å²) in [5.41, 5.74) is 3.14. The second-order valence-electron chi connectivity index (χ2n) is 5.05. The van der Waals surface area contributed by atoms with Gasteiger partial charge in [-0.3, -0.25) is 4.79 Å². The third kappa shape index (κ3) is 2.52. The van der Waals surface area contributed by atoms with Crippen LogP contribution in [0.5, 0.6) is 5.75 Å². The zero-order valence-electron chi connectivity index (χ0n) is 11.5. The van der Waals surface area contributed by atoms with E-state index in [1.807, 2.05) is 60.4 Å². The lowest BCUT2D eigenvalue weighted by Crippen LogP contribution is -2.28. The van der Waals surface area contributed by atoms with Crippen LogP contribution in [0.25, 0.3) is 0 Å². The van der Waals surface area contributed by atoms with E-state index in [1.165, 1.54) is 5.56 Å². The van der Waals surface area contributed by atoms with Gasteiger partial charge in [0.25, 0.3) is 5.91 Å². The minimum Gasteiger partial charge on any atom is -0.492 e. The normalized spacial score (nSPS) is 13.4. The van der Waals surface area contributed by atoms with Crippen LogP contribution in [0.4, 0.5) is 0 Å². The molecular weight excluding hydrogens is 250 g/mol. The van der Waals surface area contributed by atoms with Gasteiger partial charge in [0.1, 0.15) is 12.4 Å². The van der Waals surface area contributed by atoms with Gasteiger partial charge in [0, 0.05) is 12.1 Å². The van der Waals surface area contributed by atoms with Gasteiger partial charge in [-0.25, -0.2) is 0 Å². The smallest absolute Gasteiger partial charge is 0.254 e. The number of aryl methyl sites for hydroxylation is 1. The Hall–Kier alpha value is -2.29. The van der Waals surface area contributed by atoms with Gasteiger partial charge >= 0.3 is 0 Å². The molecule has 0 bridgehead atoms. The van der Waals surface area contributed by atoms with E-state index in [-0.39, 0.29) is 5.91 Å². The quantitative estimate of drug-likeness (QED) is 0.852. The number of ether oxygens (including phenoxy) is 1. The first-order chi connectivity index (χ1) is 9.74. The third-order valence-electron chi connectivity index (χ3n) is 3.55. The van der Waals surface area contributed by atoms with Crippen LogP contribution in [-0.2, 0) is 6.54 Å². The number of hydrogen-bond acceptors (Lipinski definition) is 2. The molecule has 1 heterocycles. The summed E-state index contributed by atoms with van der Waals surface area (Å²) in [6.07, 6.45) is 0. The van der Waals surface area contributed by atoms with Crippen LogP contribution in [0.2, 0.25) is 0 Å². The molecule has 2 aromatic rings. The maximum Gasteiger partial charge on any atom is 0.254 e. The van der Waals surface area contributed by atoms with Gasteiger partial charge in [-0.05, 0) is 30.7 Å². The summed E-state index contributed by atoms with van der Waals surface area (Å²) in [7, 11) is 0. The summed E-state index contributed by atoms with van der Waals surface area (Å²) < 4.78 is 5.68. The van der Waals surface area contributed by atoms with Crippen molar-refractivity contribution in [1.82, 2.24) is 4.90 Å². The van der Waals surface area contributed by atoms with E-state index in [0.29, 0.717) is 19.7 Å². The van der Waals surface area contributed by atoms with Crippen molar-refractivity contribution in [2.75, 3.05) is 13.2 Å². The standard InChI is InChI=1S/C17H17NO2/c1-13-6-8-15(9-7-13)20-11-10-18-12-14-4-2-3-5-16(14)17(18)19/h2-9H,10-12H2,1H3. The second kappa shape index (κ2) is 5.37. The van der Waals surface area contributed by atoms with Gasteiger partial charge in [0.2, 0.25) is 0 Å². The molecule has 0 aromatic heterocycles. The molecule has 20 heavy (non-hydrogen) atoms. The van der Waals surface area contributed by atoms with Gasteiger partial charge in [0.05, 0.1) is 6.54 Å². The van der Waals surface area contributed by atoms with E-state index < -0.39 is 0 Å². The van der Waals surface area contributed by atoms with Crippen molar-refractivity contribution in [3.8, 4) is 5.75 Å². The first-order valence-electron chi connectivity index (χ1n) is 6.81. The number of carbonyl (C=O) groups is 1. The molecule has 0 radical (unpaired) electrons. The molecule has 1 aliphatic rings. The van der Waals surface area contributed by atoms with E-state index in [0.717, 1.165) is 16.9 Å². The Kier molecular flexibility index (Phi) is 3.42. The Morgan fingerprint density at radius 2 is 1.85 bits per heavy atom. The molecule has 0 aliphatic carbocycles. The molecule has 1 aliphatic heterocycles. The van der Waals surface area contributed by atoms with Crippen molar-refractivity contribution >= 4 is 5.91 Å². The van der Waals surface area contributed by atoms with Crippen LogP contribution in [0.1, 0.15) is 21.5 Å². The highest BCUT2D eigenvalue weighted by molar-refractivity contribution is 5.98. The Balaban J connectivity index is 1.56. The van der Waals surface area contributed by atoms with Crippen LogP contribution >= 0.6 is 0 Å². The van der Waals surface area contributed by atoms with Gasteiger partial charge in [-0.2, -0.15) is 0 Å². The summed E-state index contributed by atoms with van der Waals surface area (Å²) in [4.78, 5) is 14.0. The van der Waals surface area contributed by atoms with E-state index in [4.69, 9.17) is 4.74 Å². The van der Waals surface area contributed by atoms with E-state index >= 15 is 0 Å². The molecule has 3 nitrogen and oxygen atoms in total. The number of rotatable bonds is 4. The molecule has 0 unspecified atom stereocenters. The lowest BCUT2D eigenvalue weighted by atomic mass is 10.1. The monoisotopic (exact) mass is 267 g/mol. The Morgan fingerprint density at radius 3 is 2.60 bits per heavy atom. The van der Waals surface area contributed by atoms with Crippen LogP contribution in [0, 0.1) is 6.92 Å². The van der Waals surface area contributed by atoms with Crippen LogP contribution < -0.4 is 4.74 Å². The highest BCUT2D eigenvalue weighted by Crippen LogP contribution is 2.22. The van der Waals surface area contributed by atoms with Crippen molar-refractivity contribution in [2.45, 2.75) is 13.5 Å². The fraction of sp³-hybridized carbons (Fsp3) is 0.235. The minimum atomic E-state index is 0.105. The molecule has 0 saturated heterocycles. The largest absolute Gasteiger partial charge is 0.492 e. The summed E-state index contributed by atoms with van der Waals surface area (Å²) in [5, 5.41) is 0. The maximum atomic E-state index is 12.2. The highest BCUT2D eigenvalue weighted by Gasteiger charge is 2.26. The van der Waals surface area contributed by atoms with E-state index in [9.17, 15) is 4.79 Å². The Labute approximate surface area is 118 Å². The van der Waals surface area contributed by atoms with Gasteiger partial charge in [0.15, 0.2) is 0 Å². The first kappa shape index (κ1) is 12.7. The maximum absolute atomic E-state index is 12.2. The lowest BCUT2D eigenvalue weighted by molar-refractivity contribution is 0.0753. The van der Waals surface area contributed by atoms with Crippen molar-refractivity contribution in [2.24, 2.45) is 0 Å². The molecule has 0 spiro atoms. The predicted octanol–water partition coefficient (Wildman–Crippen LogP) is 3.03. The molecule has 0 atom stereocenters. The minimum absolute atomic E-state index is 0.105. The van der Waals surface area contributed by atoms with Crippen molar-refractivity contribution in [1.29, 1.82) is 0 Å². The fourth-order valence-corrected chi connectivity index (χ4v) is 2.40. The van der Waals surface area contributed by atoms with Crippen LogP contribution in [-0.4, -0.2) is 24.0 Å². The molecule has 3 heteroatoms. The fourth-order valence-electron chi connectivity index (χ4n) is 2.40. The number of amides is 1. The number of nitrogens with zero attached hydrogens (tertiary/aromatic N) is 1. The molecule has 1 amide bonds. The number of carbonyl (C=O) groups excluding carboxylic acids is 1. The van der Waals surface area contributed by atoms with Crippen molar-refractivity contribution in [3.63, 3.8) is 0 Å². The average Bonchev–Trinajstić information content (AvgIpc) is 2.78.